The molecule has 2 rings (SSSR count). The van der Waals surface area contributed by atoms with Gasteiger partial charge in [-0.25, -0.2) is 9.97 Å². The number of carbonyl (C=O) groups is 1. The zero-order chi connectivity index (χ0) is 13.1. The van der Waals surface area contributed by atoms with Crippen LogP contribution in [0.15, 0.2) is 35.1 Å². The Bertz CT molecular complexity index is 586. The van der Waals surface area contributed by atoms with E-state index in [-0.39, 0.29) is 16.8 Å². The van der Waals surface area contributed by atoms with E-state index >= 15 is 0 Å². The molecular formula is C12H9BrClN3O. The summed E-state index contributed by atoms with van der Waals surface area (Å²) in [6.45, 7) is 1.97. The molecule has 0 aliphatic rings. The van der Waals surface area contributed by atoms with Gasteiger partial charge >= 0.3 is 0 Å². The SMILES string of the molecule is Cc1ccc(NC(=O)c2cnc(Cl)cn2)c(Br)c1. The average molecular weight is 327 g/mol. The van der Waals surface area contributed by atoms with Gasteiger partial charge < -0.3 is 5.32 Å². The van der Waals surface area contributed by atoms with Crippen molar-refractivity contribution in [3.05, 3.63) is 51.5 Å². The Kier molecular flexibility index (Phi) is 3.93. The molecule has 0 atom stereocenters. The third kappa shape index (κ3) is 3.05. The number of anilines is 1. The van der Waals surface area contributed by atoms with Crippen LogP contribution < -0.4 is 5.32 Å². The van der Waals surface area contributed by atoms with Crippen molar-refractivity contribution in [2.24, 2.45) is 0 Å². The number of nitrogens with one attached hydrogen (secondary N) is 1. The van der Waals surface area contributed by atoms with Crippen molar-refractivity contribution in [2.45, 2.75) is 6.92 Å². The molecule has 1 N–H and O–H groups in total. The molecule has 1 aromatic heterocycles. The van der Waals surface area contributed by atoms with E-state index in [0.29, 0.717) is 5.69 Å². The molecule has 2 aromatic rings. The van der Waals surface area contributed by atoms with E-state index in [4.69, 9.17) is 11.6 Å². The van der Waals surface area contributed by atoms with Crippen molar-refractivity contribution in [3.63, 3.8) is 0 Å². The van der Waals surface area contributed by atoms with Crippen molar-refractivity contribution in [3.8, 4) is 0 Å². The monoisotopic (exact) mass is 325 g/mol. The molecular weight excluding hydrogens is 318 g/mol. The smallest absolute Gasteiger partial charge is 0.275 e. The molecule has 0 aliphatic carbocycles. The Morgan fingerprint density at radius 1 is 1.33 bits per heavy atom. The molecule has 0 bridgehead atoms. The molecule has 0 spiro atoms. The highest BCUT2D eigenvalue weighted by Gasteiger charge is 2.10. The van der Waals surface area contributed by atoms with Crippen molar-refractivity contribution >= 4 is 39.1 Å². The molecule has 0 radical (unpaired) electrons. The molecule has 0 aliphatic heterocycles. The van der Waals surface area contributed by atoms with Gasteiger partial charge in [0.05, 0.1) is 18.1 Å². The van der Waals surface area contributed by atoms with Crippen LogP contribution in [0.25, 0.3) is 0 Å². The van der Waals surface area contributed by atoms with Crippen molar-refractivity contribution in [1.82, 2.24) is 9.97 Å². The molecule has 0 saturated carbocycles. The predicted octanol–water partition coefficient (Wildman–Crippen LogP) is 3.45. The molecule has 1 heterocycles. The number of hydrogen-bond donors (Lipinski definition) is 1. The lowest BCUT2D eigenvalue weighted by atomic mass is 10.2. The van der Waals surface area contributed by atoms with Gasteiger partial charge in [-0.2, -0.15) is 0 Å². The number of amides is 1. The van der Waals surface area contributed by atoms with Gasteiger partial charge in [0.1, 0.15) is 10.8 Å². The summed E-state index contributed by atoms with van der Waals surface area (Å²) in [5.41, 5.74) is 2.00. The number of nitrogens with zero attached hydrogens (tertiary/aromatic N) is 2. The fraction of sp³-hybridized carbons (Fsp3) is 0.0833. The summed E-state index contributed by atoms with van der Waals surface area (Å²) < 4.78 is 0.817. The molecule has 0 fully saturated rings. The molecule has 0 saturated heterocycles. The summed E-state index contributed by atoms with van der Waals surface area (Å²) in [6.07, 6.45) is 2.67. The van der Waals surface area contributed by atoms with Gasteiger partial charge in [-0.3, -0.25) is 4.79 Å². The predicted molar refractivity (Wildman–Crippen MR) is 73.9 cm³/mol. The van der Waals surface area contributed by atoms with Crippen LogP contribution in [-0.2, 0) is 0 Å². The second-order valence-electron chi connectivity index (χ2n) is 3.66. The quantitative estimate of drug-likeness (QED) is 0.919. The first-order valence-corrected chi connectivity index (χ1v) is 6.28. The molecule has 18 heavy (non-hydrogen) atoms. The maximum atomic E-state index is 11.9. The van der Waals surface area contributed by atoms with E-state index in [9.17, 15) is 4.79 Å². The number of rotatable bonds is 2. The Morgan fingerprint density at radius 3 is 2.72 bits per heavy atom. The van der Waals surface area contributed by atoms with Crippen molar-refractivity contribution < 1.29 is 4.79 Å². The van der Waals surface area contributed by atoms with Crippen LogP contribution in [0.3, 0.4) is 0 Å². The number of aryl methyl sites for hydroxylation is 1. The summed E-state index contributed by atoms with van der Waals surface area (Å²) in [7, 11) is 0. The van der Waals surface area contributed by atoms with Crippen molar-refractivity contribution in [1.29, 1.82) is 0 Å². The number of aromatic nitrogens is 2. The van der Waals surface area contributed by atoms with Crippen molar-refractivity contribution in [2.75, 3.05) is 5.32 Å². The van der Waals surface area contributed by atoms with E-state index in [0.717, 1.165) is 10.0 Å². The van der Waals surface area contributed by atoms with Gasteiger partial charge in [0.25, 0.3) is 5.91 Å². The first kappa shape index (κ1) is 13.0. The molecule has 0 unspecified atom stereocenters. The lowest BCUT2D eigenvalue weighted by molar-refractivity contribution is 0.102. The van der Waals surface area contributed by atoms with Crippen LogP contribution in [0.5, 0.6) is 0 Å². The second kappa shape index (κ2) is 5.46. The van der Waals surface area contributed by atoms with E-state index < -0.39 is 0 Å². The van der Waals surface area contributed by atoms with Crippen LogP contribution in [0.1, 0.15) is 16.1 Å². The van der Waals surface area contributed by atoms with Crippen LogP contribution >= 0.6 is 27.5 Å². The number of benzene rings is 1. The van der Waals surface area contributed by atoms with Gasteiger partial charge in [-0.05, 0) is 40.5 Å². The molecule has 6 heteroatoms. The van der Waals surface area contributed by atoms with Gasteiger partial charge in [0, 0.05) is 4.47 Å². The lowest BCUT2D eigenvalue weighted by Gasteiger charge is -2.07. The molecule has 1 aromatic carbocycles. The Morgan fingerprint density at radius 2 is 2.11 bits per heavy atom. The van der Waals surface area contributed by atoms with Crippen LogP contribution in [0, 0.1) is 6.92 Å². The largest absolute Gasteiger partial charge is 0.320 e. The Labute approximate surface area is 118 Å². The van der Waals surface area contributed by atoms with E-state index in [2.05, 4.69) is 31.2 Å². The summed E-state index contributed by atoms with van der Waals surface area (Å²) >= 11 is 8.99. The second-order valence-corrected chi connectivity index (χ2v) is 4.90. The number of carbonyl (C=O) groups excluding carboxylic acids is 1. The normalized spacial score (nSPS) is 10.2. The van der Waals surface area contributed by atoms with Crippen LogP contribution in [0.2, 0.25) is 5.15 Å². The first-order chi connectivity index (χ1) is 8.56. The van der Waals surface area contributed by atoms with Gasteiger partial charge in [-0.15, -0.1) is 0 Å². The average Bonchev–Trinajstić information content (AvgIpc) is 2.33. The minimum absolute atomic E-state index is 0.215. The summed E-state index contributed by atoms with van der Waals surface area (Å²) in [5, 5.41) is 2.99. The Balaban J connectivity index is 2.18. The highest BCUT2D eigenvalue weighted by atomic mass is 79.9. The highest BCUT2D eigenvalue weighted by molar-refractivity contribution is 9.10. The van der Waals surface area contributed by atoms with E-state index in [1.807, 2.05) is 25.1 Å². The maximum Gasteiger partial charge on any atom is 0.275 e. The van der Waals surface area contributed by atoms with Gasteiger partial charge in [0.15, 0.2) is 0 Å². The zero-order valence-electron chi connectivity index (χ0n) is 9.45. The summed E-state index contributed by atoms with van der Waals surface area (Å²) in [4.78, 5) is 19.6. The molecule has 92 valence electrons. The number of hydrogen-bond acceptors (Lipinski definition) is 3. The van der Waals surface area contributed by atoms with Gasteiger partial charge in [0.2, 0.25) is 0 Å². The fourth-order valence-corrected chi connectivity index (χ4v) is 2.03. The Hall–Kier alpha value is -1.46. The summed E-state index contributed by atoms with van der Waals surface area (Å²) in [6, 6.07) is 5.65. The zero-order valence-corrected chi connectivity index (χ0v) is 11.8. The minimum atomic E-state index is -0.330. The standard InChI is InChI=1S/C12H9BrClN3O/c1-7-2-3-9(8(13)4-7)17-12(18)10-5-16-11(14)6-15-10/h2-6H,1H3,(H,17,18). The fourth-order valence-electron chi connectivity index (χ4n) is 1.34. The topological polar surface area (TPSA) is 54.9 Å². The molecule has 1 amide bonds. The van der Waals surface area contributed by atoms with Gasteiger partial charge in [-0.1, -0.05) is 17.7 Å². The van der Waals surface area contributed by atoms with E-state index in [1.165, 1.54) is 12.4 Å². The van der Waals surface area contributed by atoms with E-state index in [1.54, 1.807) is 0 Å². The number of halogens is 2. The van der Waals surface area contributed by atoms with Crippen LogP contribution in [-0.4, -0.2) is 15.9 Å². The maximum absolute atomic E-state index is 11.9. The third-order valence-electron chi connectivity index (χ3n) is 2.23. The third-order valence-corrected chi connectivity index (χ3v) is 3.08. The summed E-state index contributed by atoms with van der Waals surface area (Å²) in [5.74, 6) is -0.330. The minimum Gasteiger partial charge on any atom is -0.320 e. The first-order valence-electron chi connectivity index (χ1n) is 5.11. The van der Waals surface area contributed by atoms with Crippen LogP contribution in [0.4, 0.5) is 5.69 Å². The lowest BCUT2D eigenvalue weighted by Crippen LogP contribution is -2.14. The highest BCUT2D eigenvalue weighted by Crippen LogP contribution is 2.23. The molecule has 4 nitrogen and oxygen atoms in total.